The number of hydrogen-bond acceptors (Lipinski definition) is 5. The summed E-state index contributed by atoms with van der Waals surface area (Å²) in [4.78, 5) is 25.4. The molecule has 0 radical (unpaired) electrons. The van der Waals surface area contributed by atoms with E-state index in [1.54, 1.807) is 37.3 Å². The largest absolute Gasteiger partial charge is 0.573 e. The number of aromatic nitrogens is 2. The summed E-state index contributed by atoms with van der Waals surface area (Å²) in [5.74, 6) is -0.864. The van der Waals surface area contributed by atoms with Crippen molar-refractivity contribution in [3.05, 3.63) is 70.5 Å². The van der Waals surface area contributed by atoms with Crippen molar-refractivity contribution < 1.29 is 22.7 Å². The van der Waals surface area contributed by atoms with Gasteiger partial charge in [-0.3, -0.25) is 9.59 Å². The number of Topliss-reactive ketones (excluding diaryl/α,β-unsaturated/α-hetero) is 1. The second kappa shape index (κ2) is 8.40. The number of halogens is 3. The van der Waals surface area contributed by atoms with E-state index in [-0.39, 0.29) is 23.5 Å². The van der Waals surface area contributed by atoms with Gasteiger partial charge in [-0.05, 0) is 26.0 Å². The summed E-state index contributed by atoms with van der Waals surface area (Å²) >= 11 is 0. The lowest BCUT2D eigenvalue weighted by Gasteiger charge is -2.16. The Morgan fingerprint density at radius 2 is 1.83 bits per heavy atom. The lowest BCUT2D eigenvalue weighted by molar-refractivity contribution is -0.274. The van der Waals surface area contributed by atoms with Gasteiger partial charge in [0.2, 0.25) is 0 Å². The number of carbonyl (C=O) groups excluding carboxylic acids is 1. The summed E-state index contributed by atoms with van der Waals surface area (Å²) in [7, 11) is 0. The van der Waals surface area contributed by atoms with Crippen LogP contribution in [0.25, 0.3) is 11.3 Å². The summed E-state index contributed by atoms with van der Waals surface area (Å²) in [5.41, 5.74) is 0.506. The number of ketones is 1. The topological polar surface area (TPSA) is 73.2 Å². The van der Waals surface area contributed by atoms with Crippen LogP contribution in [0, 0.1) is 0 Å². The molecule has 9 heteroatoms. The highest BCUT2D eigenvalue weighted by Gasteiger charge is 2.31. The van der Waals surface area contributed by atoms with E-state index in [1.165, 1.54) is 23.7 Å². The van der Waals surface area contributed by atoms with Crippen molar-refractivity contribution in [2.24, 2.45) is 0 Å². The average Bonchev–Trinajstić information content (AvgIpc) is 2.68. The van der Waals surface area contributed by atoms with E-state index in [4.69, 9.17) is 0 Å². The number of carbonyl (C=O) groups is 1. The Bertz CT molecular complexity index is 1130. The molecule has 156 valence electrons. The Labute approximate surface area is 169 Å². The van der Waals surface area contributed by atoms with Crippen molar-refractivity contribution in [1.29, 1.82) is 0 Å². The van der Waals surface area contributed by atoms with Gasteiger partial charge < -0.3 is 10.1 Å². The molecular weight excluding hydrogens is 399 g/mol. The number of nitrogens with one attached hydrogen (secondary N) is 1. The van der Waals surface area contributed by atoms with E-state index in [0.29, 0.717) is 11.3 Å². The van der Waals surface area contributed by atoms with E-state index in [2.05, 4.69) is 15.2 Å². The first-order valence-corrected chi connectivity index (χ1v) is 9.04. The molecule has 2 aromatic carbocycles. The van der Waals surface area contributed by atoms with Crippen molar-refractivity contribution in [3.63, 3.8) is 0 Å². The predicted molar refractivity (Wildman–Crippen MR) is 106 cm³/mol. The summed E-state index contributed by atoms with van der Waals surface area (Å²) in [6.45, 7) is 3.26. The predicted octanol–water partition coefficient (Wildman–Crippen LogP) is 4.78. The minimum Gasteiger partial charge on any atom is -0.406 e. The Morgan fingerprint density at radius 1 is 1.13 bits per heavy atom. The molecule has 1 N–H and O–H groups in total. The maximum Gasteiger partial charge on any atom is 0.573 e. The molecule has 3 rings (SSSR count). The molecule has 0 bridgehead atoms. The van der Waals surface area contributed by atoms with Gasteiger partial charge >= 0.3 is 6.36 Å². The highest BCUT2D eigenvalue weighted by Crippen LogP contribution is 2.30. The number of ether oxygens (including phenoxy) is 1. The number of alkyl halides is 3. The summed E-state index contributed by atoms with van der Waals surface area (Å²) in [5, 5.41) is 7.11. The zero-order valence-electron chi connectivity index (χ0n) is 16.2. The molecule has 0 aliphatic rings. The van der Waals surface area contributed by atoms with Crippen LogP contribution < -0.4 is 15.6 Å². The minimum absolute atomic E-state index is 0.0537. The van der Waals surface area contributed by atoms with E-state index in [9.17, 15) is 22.8 Å². The number of hydrogen-bond donors (Lipinski definition) is 1. The third-order valence-electron chi connectivity index (χ3n) is 4.19. The summed E-state index contributed by atoms with van der Waals surface area (Å²) in [6, 6.07) is 13.9. The summed E-state index contributed by atoms with van der Waals surface area (Å²) < 4.78 is 42.7. The van der Waals surface area contributed by atoms with Crippen LogP contribution in [0.3, 0.4) is 0 Å². The van der Waals surface area contributed by atoms with Crippen LogP contribution in [-0.4, -0.2) is 21.9 Å². The minimum atomic E-state index is -4.85. The van der Waals surface area contributed by atoms with Gasteiger partial charge in [0, 0.05) is 23.9 Å². The first kappa shape index (κ1) is 21.1. The highest BCUT2D eigenvalue weighted by molar-refractivity contribution is 6.05. The molecular formula is C21H18F3N3O3. The third kappa shape index (κ3) is 4.68. The number of rotatable bonds is 6. The molecule has 0 atom stereocenters. The van der Waals surface area contributed by atoms with Crippen molar-refractivity contribution in [2.45, 2.75) is 26.8 Å². The first-order chi connectivity index (χ1) is 14.2. The molecule has 0 unspecified atom stereocenters. The number of anilines is 2. The van der Waals surface area contributed by atoms with Gasteiger partial charge in [-0.15, -0.1) is 13.2 Å². The molecule has 0 saturated carbocycles. The molecule has 1 heterocycles. The van der Waals surface area contributed by atoms with Gasteiger partial charge in [0.25, 0.3) is 5.56 Å². The Morgan fingerprint density at radius 3 is 2.43 bits per heavy atom. The molecule has 0 spiro atoms. The number of nitrogens with zero attached hydrogens (tertiary/aromatic N) is 2. The Balaban J connectivity index is 2.16. The molecule has 0 aliphatic heterocycles. The second-order valence-electron chi connectivity index (χ2n) is 6.34. The second-order valence-corrected chi connectivity index (χ2v) is 6.34. The molecule has 0 saturated heterocycles. The van der Waals surface area contributed by atoms with Crippen molar-refractivity contribution in [2.75, 3.05) is 5.32 Å². The van der Waals surface area contributed by atoms with E-state index in [0.717, 1.165) is 12.1 Å². The fourth-order valence-electron chi connectivity index (χ4n) is 2.96. The lowest BCUT2D eigenvalue weighted by atomic mass is 10.0. The van der Waals surface area contributed by atoms with Crippen molar-refractivity contribution in [1.82, 2.24) is 9.78 Å². The maximum absolute atomic E-state index is 12.9. The van der Waals surface area contributed by atoms with Crippen LogP contribution in [0.15, 0.2) is 59.4 Å². The zero-order chi connectivity index (χ0) is 21.9. The maximum atomic E-state index is 12.9. The fraction of sp³-hybridized carbons (Fsp3) is 0.190. The quantitative estimate of drug-likeness (QED) is 0.585. The SMILES string of the molecule is CCn1nc(-c2ccccc2)c(C(C)=O)c(Nc2cccc(OC(F)(F)F)c2)c1=O. The van der Waals surface area contributed by atoms with E-state index >= 15 is 0 Å². The average molecular weight is 417 g/mol. The monoisotopic (exact) mass is 417 g/mol. The molecule has 30 heavy (non-hydrogen) atoms. The van der Waals surface area contributed by atoms with Gasteiger partial charge in [0.1, 0.15) is 17.1 Å². The van der Waals surface area contributed by atoms with E-state index in [1.807, 2.05) is 0 Å². The number of benzene rings is 2. The Kier molecular flexibility index (Phi) is 5.91. The van der Waals surface area contributed by atoms with E-state index < -0.39 is 23.5 Å². The smallest absolute Gasteiger partial charge is 0.406 e. The third-order valence-corrected chi connectivity index (χ3v) is 4.19. The van der Waals surface area contributed by atoms with Crippen molar-refractivity contribution in [3.8, 4) is 17.0 Å². The van der Waals surface area contributed by atoms with Crippen LogP contribution in [0.1, 0.15) is 24.2 Å². The fourth-order valence-corrected chi connectivity index (χ4v) is 2.96. The van der Waals surface area contributed by atoms with Crippen LogP contribution in [0.4, 0.5) is 24.5 Å². The van der Waals surface area contributed by atoms with Crippen molar-refractivity contribution >= 4 is 17.2 Å². The first-order valence-electron chi connectivity index (χ1n) is 9.04. The van der Waals surface area contributed by atoms with Gasteiger partial charge in [-0.1, -0.05) is 36.4 Å². The Hall–Kier alpha value is -3.62. The number of aryl methyl sites for hydroxylation is 1. The molecule has 3 aromatic rings. The standard InChI is InChI=1S/C21H18F3N3O3/c1-3-27-20(29)19(25-15-10-7-11-16(12-15)30-21(22,23)24)17(13(2)28)18(26-27)14-8-5-4-6-9-14/h4-12,25H,3H2,1-2H3. The molecule has 6 nitrogen and oxygen atoms in total. The van der Waals surface area contributed by atoms with Crippen LogP contribution in [0.5, 0.6) is 5.75 Å². The normalized spacial score (nSPS) is 11.2. The van der Waals surface area contributed by atoms with Crippen LogP contribution >= 0.6 is 0 Å². The summed E-state index contributed by atoms with van der Waals surface area (Å²) in [6.07, 6.45) is -4.85. The van der Waals surface area contributed by atoms with Gasteiger partial charge in [-0.25, -0.2) is 4.68 Å². The highest BCUT2D eigenvalue weighted by atomic mass is 19.4. The molecule has 0 fully saturated rings. The molecule has 1 aromatic heterocycles. The lowest BCUT2D eigenvalue weighted by Crippen LogP contribution is -2.28. The molecule has 0 amide bonds. The van der Waals surface area contributed by atoms with Crippen LogP contribution in [0.2, 0.25) is 0 Å². The van der Waals surface area contributed by atoms with Crippen LogP contribution in [-0.2, 0) is 6.54 Å². The van der Waals surface area contributed by atoms with Gasteiger partial charge in [0.05, 0.1) is 5.56 Å². The van der Waals surface area contributed by atoms with Gasteiger partial charge in [-0.2, -0.15) is 5.10 Å². The molecule has 0 aliphatic carbocycles. The van der Waals surface area contributed by atoms with Gasteiger partial charge in [0.15, 0.2) is 5.78 Å². The zero-order valence-corrected chi connectivity index (χ0v) is 16.2.